The van der Waals surface area contributed by atoms with E-state index in [0.29, 0.717) is 30.2 Å². The Balaban J connectivity index is 2.22. The van der Waals surface area contributed by atoms with E-state index in [-0.39, 0.29) is 11.9 Å². The zero-order valence-electron chi connectivity index (χ0n) is 9.84. The van der Waals surface area contributed by atoms with Crippen LogP contribution in [0, 0.1) is 5.82 Å². The SMILES string of the molecule is CC(O)CNCCNCc1c(F)cccc1Cl. The van der Waals surface area contributed by atoms with Gasteiger partial charge in [-0.15, -0.1) is 0 Å². The van der Waals surface area contributed by atoms with Crippen molar-refractivity contribution in [2.24, 2.45) is 0 Å². The van der Waals surface area contributed by atoms with E-state index in [1.54, 1.807) is 19.1 Å². The summed E-state index contributed by atoms with van der Waals surface area (Å²) in [4.78, 5) is 0. The Bertz CT molecular complexity index is 327. The number of aliphatic hydroxyl groups excluding tert-OH is 1. The second-order valence-electron chi connectivity index (χ2n) is 3.93. The van der Waals surface area contributed by atoms with Gasteiger partial charge in [0.15, 0.2) is 0 Å². The molecular formula is C12H18ClFN2O. The van der Waals surface area contributed by atoms with E-state index in [1.807, 2.05) is 0 Å². The fourth-order valence-electron chi connectivity index (χ4n) is 1.40. The summed E-state index contributed by atoms with van der Waals surface area (Å²) in [6.45, 7) is 4.10. The summed E-state index contributed by atoms with van der Waals surface area (Å²) in [7, 11) is 0. The minimum absolute atomic E-state index is 0.290. The molecule has 1 rings (SSSR count). The molecule has 0 aliphatic rings. The predicted molar refractivity (Wildman–Crippen MR) is 67.7 cm³/mol. The molecule has 17 heavy (non-hydrogen) atoms. The first-order chi connectivity index (χ1) is 8.11. The number of nitrogens with one attached hydrogen (secondary N) is 2. The molecule has 0 bridgehead atoms. The molecular weight excluding hydrogens is 243 g/mol. The predicted octanol–water partition coefficient (Wildman–Crippen LogP) is 1.54. The van der Waals surface area contributed by atoms with Gasteiger partial charge in [-0.2, -0.15) is 0 Å². The summed E-state index contributed by atoms with van der Waals surface area (Å²) in [6, 6.07) is 4.66. The third-order valence-electron chi connectivity index (χ3n) is 2.28. The largest absolute Gasteiger partial charge is 0.392 e. The molecule has 3 nitrogen and oxygen atoms in total. The minimum atomic E-state index is -0.351. The van der Waals surface area contributed by atoms with Crippen LogP contribution in [0.1, 0.15) is 12.5 Å². The van der Waals surface area contributed by atoms with E-state index in [2.05, 4.69) is 10.6 Å². The molecule has 3 N–H and O–H groups in total. The Morgan fingerprint density at radius 1 is 1.35 bits per heavy atom. The third kappa shape index (κ3) is 5.46. The number of rotatable bonds is 7. The highest BCUT2D eigenvalue weighted by atomic mass is 35.5. The minimum Gasteiger partial charge on any atom is -0.392 e. The van der Waals surface area contributed by atoms with Gasteiger partial charge in [-0.25, -0.2) is 4.39 Å². The Morgan fingerprint density at radius 2 is 2.06 bits per heavy atom. The zero-order valence-corrected chi connectivity index (χ0v) is 10.6. The van der Waals surface area contributed by atoms with Crippen LogP contribution in [0.5, 0.6) is 0 Å². The normalized spacial score (nSPS) is 12.7. The first-order valence-electron chi connectivity index (χ1n) is 5.63. The van der Waals surface area contributed by atoms with E-state index >= 15 is 0 Å². The first kappa shape index (κ1) is 14.4. The molecule has 1 aromatic rings. The number of benzene rings is 1. The molecule has 5 heteroatoms. The molecule has 0 saturated heterocycles. The van der Waals surface area contributed by atoms with Crippen LogP contribution in [-0.2, 0) is 6.54 Å². The van der Waals surface area contributed by atoms with E-state index in [0.717, 1.165) is 6.54 Å². The molecule has 0 amide bonds. The van der Waals surface area contributed by atoms with Crippen LogP contribution in [0.2, 0.25) is 5.02 Å². The molecule has 0 aliphatic carbocycles. The van der Waals surface area contributed by atoms with Crippen molar-refractivity contribution in [1.82, 2.24) is 10.6 Å². The molecule has 0 heterocycles. The Labute approximate surface area is 106 Å². The average molecular weight is 261 g/mol. The van der Waals surface area contributed by atoms with Crippen LogP contribution >= 0.6 is 11.6 Å². The van der Waals surface area contributed by atoms with Crippen molar-refractivity contribution in [2.75, 3.05) is 19.6 Å². The molecule has 0 spiro atoms. The summed E-state index contributed by atoms with van der Waals surface area (Å²) in [5.74, 6) is -0.290. The van der Waals surface area contributed by atoms with Gasteiger partial charge in [0.1, 0.15) is 5.82 Å². The maximum Gasteiger partial charge on any atom is 0.129 e. The van der Waals surface area contributed by atoms with Gasteiger partial charge in [0.05, 0.1) is 6.10 Å². The second kappa shape index (κ2) is 7.61. The lowest BCUT2D eigenvalue weighted by Gasteiger charge is -2.09. The van der Waals surface area contributed by atoms with Crippen LogP contribution in [0.15, 0.2) is 18.2 Å². The highest BCUT2D eigenvalue weighted by Crippen LogP contribution is 2.18. The monoisotopic (exact) mass is 260 g/mol. The first-order valence-corrected chi connectivity index (χ1v) is 6.01. The molecule has 1 unspecified atom stereocenters. The Morgan fingerprint density at radius 3 is 2.71 bits per heavy atom. The number of hydrogen-bond donors (Lipinski definition) is 3. The van der Waals surface area contributed by atoms with E-state index in [9.17, 15) is 4.39 Å². The highest BCUT2D eigenvalue weighted by molar-refractivity contribution is 6.31. The van der Waals surface area contributed by atoms with E-state index in [1.165, 1.54) is 6.07 Å². The lowest BCUT2D eigenvalue weighted by Crippen LogP contribution is -2.31. The molecule has 1 atom stereocenters. The topological polar surface area (TPSA) is 44.3 Å². The molecule has 0 aliphatic heterocycles. The van der Waals surface area contributed by atoms with Gasteiger partial charge in [-0.05, 0) is 19.1 Å². The van der Waals surface area contributed by atoms with Gasteiger partial charge in [0, 0.05) is 36.8 Å². The number of halogens is 2. The highest BCUT2D eigenvalue weighted by Gasteiger charge is 2.05. The summed E-state index contributed by atoms with van der Waals surface area (Å²) in [6.07, 6.45) is -0.351. The lowest BCUT2D eigenvalue weighted by molar-refractivity contribution is 0.191. The van der Waals surface area contributed by atoms with Crippen molar-refractivity contribution < 1.29 is 9.50 Å². The molecule has 0 radical (unpaired) electrons. The van der Waals surface area contributed by atoms with Gasteiger partial charge in [-0.3, -0.25) is 0 Å². The summed E-state index contributed by atoms with van der Waals surface area (Å²) in [5, 5.41) is 15.6. The van der Waals surface area contributed by atoms with Gasteiger partial charge in [-0.1, -0.05) is 17.7 Å². The van der Waals surface area contributed by atoms with Gasteiger partial charge in [0.25, 0.3) is 0 Å². The van der Waals surface area contributed by atoms with Crippen molar-refractivity contribution in [1.29, 1.82) is 0 Å². The standard InChI is InChI=1S/C12H18ClFN2O/c1-9(17)7-15-5-6-16-8-10-11(13)3-2-4-12(10)14/h2-4,9,15-17H,5-8H2,1H3. The molecule has 0 saturated carbocycles. The van der Waals surface area contributed by atoms with Crippen molar-refractivity contribution in [3.05, 3.63) is 34.6 Å². The number of aliphatic hydroxyl groups is 1. The van der Waals surface area contributed by atoms with Crippen LogP contribution < -0.4 is 10.6 Å². The maximum absolute atomic E-state index is 13.4. The number of hydrogen-bond acceptors (Lipinski definition) is 3. The van der Waals surface area contributed by atoms with Gasteiger partial charge < -0.3 is 15.7 Å². The van der Waals surface area contributed by atoms with E-state index < -0.39 is 0 Å². The van der Waals surface area contributed by atoms with Crippen LogP contribution in [0.3, 0.4) is 0 Å². The second-order valence-corrected chi connectivity index (χ2v) is 4.34. The fraction of sp³-hybridized carbons (Fsp3) is 0.500. The smallest absolute Gasteiger partial charge is 0.129 e. The van der Waals surface area contributed by atoms with Crippen LogP contribution in [0.4, 0.5) is 4.39 Å². The van der Waals surface area contributed by atoms with Gasteiger partial charge >= 0.3 is 0 Å². The summed E-state index contributed by atoms with van der Waals surface area (Å²) >= 11 is 5.88. The molecule has 0 fully saturated rings. The van der Waals surface area contributed by atoms with Crippen molar-refractivity contribution in [3.8, 4) is 0 Å². The van der Waals surface area contributed by atoms with E-state index in [4.69, 9.17) is 16.7 Å². The van der Waals surface area contributed by atoms with Crippen LogP contribution in [-0.4, -0.2) is 30.8 Å². The molecule has 96 valence electrons. The maximum atomic E-state index is 13.4. The average Bonchev–Trinajstić information content (AvgIpc) is 2.26. The Hall–Kier alpha value is -0.680. The van der Waals surface area contributed by atoms with Crippen molar-refractivity contribution in [2.45, 2.75) is 19.6 Å². The fourth-order valence-corrected chi connectivity index (χ4v) is 1.63. The zero-order chi connectivity index (χ0) is 12.7. The van der Waals surface area contributed by atoms with Crippen molar-refractivity contribution >= 4 is 11.6 Å². The van der Waals surface area contributed by atoms with Gasteiger partial charge in [0.2, 0.25) is 0 Å². The third-order valence-corrected chi connectivity index (χ3v) is 2.64. The summed E-state index contributed by atoms with van der Waals surface area (Å²) in [5.41, 5.74) is 0.490. The molecule has 0 aromatic heterocycles. The van der Waals surface area contributed by atoms with Crippen LogP contribution in [0.25, 0.3) is 0 Å². The molecule has 1 aromatic carbocycles. The quantitative estimate of drug-likeness (QED) is 0.652. The Kier molecular flexibility index (Phi) is 6.44. The van der Waals surface area contributed by atoms with Crippen molar-refractivity contribution in [3.63, 3.8) is 0 Å². The lowest BCUT2D eigenvalue weighted by atomic mass is 10.2. The summed E-state index contributed by atoms with van der Waals surface area (Å²) < 4.78 is 13.4.